The van der Waals surface area contributed by atoms with Crippen LogP contribution in [0, 0.1) is 6.92 Å². The maximum atomic E-state index is 10.9. The monoisotopic (exact) mass is 297 g/mol. The van der Waals surface area contributed by atoms with Gasteiger partial charge in [0.2, 0.25) is 5.88 Å². The molecule has 0 aliphatic rings. The van der Waals surface area contributed by atoms with Gasteiger partial charge in [-0.15, -0.1) is 0 Å². The highest BCUT2D eigenvalue weighted by Gasteiger charge is 2.10. The number of carboxylic acids is 1. The van der Waals surface area contributed by atoms with E-state index in [2.05, 4.69) is 4.98 Å². The molecule has 1 heterocycles. The second kappa shape index (κ2) is 5.47. The zero-order valence-corrected chi connectivity index (χ0v) is 11.4. The Labute approximate surface area is 119 Å². The van der Waals surface area contributed by atoms with E-state index in [0.29, 0.717) is 27.4 Å². The average molecular weight is 298 g/mol. The lowest BCUT2D eigenvalue weighted by molar-refractivity contribution is 0.0695. The Morgan fingerprint density at radius 3 is 2.53 bits per heavy atom. The lowest BCUT2D eigenvalue weighted by Crippen LogP contribution is -2.02. The molecule has 0 spiro atoms. The fourth-order valence-electron chi connectivity index (χ4n) is 1.48. The zero-order valence-electron chi connectivity index (χ0n) is 9.85. The van der Waals surface area contributed by atoms with Crippen LogP contribution < -0.4 is 4.74 Å². The number of carbonyl (C=O) groups is 1. The summed E-state index contributed by atoms with van der Waals surface area (Å²) in [5, 5.41) is 9.70. The Kier molecular flexibility index (Phi) is 3.93. The maximum Gasteiger partial charge on any atom is 0.337 e. The van der Waals surface area contributed by atoms with Crippen molar-refractivity contribution in [2.75, 3.05) is 0 Å². The molecule has 1 N–H and O–H groups in total. The van der Waals surface area contributed by atoms with Gasteiger partial charge in [-0.2, -0.15) is 0 Å². The number of hydrogen-bond donors (Lipinski definition) is 1. The van der Waals surface area contributed by atoms with Gasteiger partial charge in [0, 0.05) is 12.1 Å². The van der Waals surface area contributed by atoms with E-state index in [1.165, 1.54) is 12.1 Å². The van der Waals surface area contributed by atoms with Gasteiger partial charge in [0.25, 0.3) is 0 Å². The van der Waals surface area contributed by atoms with Crippen molar-refractivity contribution in [2.24, 2.45) is 0 Å². The van der Waals surface area contributed by atoms with Crippen LogP contribution >= 0.6 is 23.2 Å². The van der Waals surface area contributed by atoms with E-state index in [1.807, 2.05) is 0 Å². The summed E-state index contributed by atoms with van der Waals surface area (Å²) in [5.41, 5.74) is 0.520. The molecule has 0 unspecified atom stereocenters. The predicted molar refractivity (Wildman–Crippen MR) is 72.5 cm³/mol. The number of aryl methyl sites for hydroxylation is 1. The topological polar surface area (TPSA) is 59.4 Å². The standard InChI is InChI=1S/C13H9Cl2NO3/c1-7-9(13(17)18)3-5-12(16-7)19-8-2-4-10(14)11(15)6-8/h2-6H,1H3,(H,17,18). The Balaban J connectivity index is 2.26. The Morgan fingerprint density at radius 1 is 1.21 bits per heavy atom. The summed E-state index contributed by atoms with van der Waals surface area (Å²) in [4.78, 5) is 14.9. The van der Waals surface area contributed by atoms with Crippen molar-refractivity contribution in [3.8, 4) is 11.6 Å². The van der Waals surface area contributed by atoms with Gasteiger partial charge in [-0.25, -0.2) is 9.78 Å². The van der Waals surface area contributed by atoms with Gasteiger partial charge in [-0.1, -0.05) is 23.2 Å². The average Bonchev–Trinajstić information content (AvgIpc) is 2.33. The number of rotatable bonds is 3. The van der Waals surface area contributed by atoms with Gasteiger partial charge in [0.05, 0.1) is 21.3 Å². The van der Waals surface area contributed by atoms with E-state index < -0.39 is 5.97 Å². The van der Waals surface area contributed by atoms with Gasteiger partial charge in [-0.05, 0) is 25.1 Å². The number of benzene rings is 1. The van der Waals surface area contributed by atoms with E-state index >= 15 is 0 Å². The highest BCUT2D eigenvalue weighted by Crippen LogP contribution is 2.29. The van der Waals surface area contributed by atoms with Crippen LogP contribution in [0.4, 0.5) is 0 Å². The molecular formula is C13H9Cl2NO3. The first-order valence-electron chi connectivity index (χ1n) is 5.31. The number of aromatic nitrogens is 1. The first kappa shape index (κ1) is 13.6. The summed E-state index contributed by atoms with van der Waals surface area (Å²) < 4.78 is 5.48. The van der Waals surface area contributed by atoms with Crippen molar-refractivity contribution < 1.29 is 14.6 Å². The van der Waals surface area contributed by atoms with Gasteiger partial charge < -0.3 is 9.84 Å². The minimum atomic E-state index is -1.02. The van der Waals surface area contributed by atoms with Crippen LogP contribution in [0.1, 0.15) is 16.1 Å². The molecule has 1 aromatic carbocycles. The van der Waals surface area contributed by atoms with E-state index in [1.54, 1.807) is 25.1 Å². The minimum Gasteiger partial charge on any atom is -0.478 e. The summed E-state index contributed by atoms with van der Waals surface area (Å²) in [7, 11) is 0. The molecule has 0 saturated carbocycles. The van der Waals surface area contributed by atoms with E-state index in [-0.39, 0.29) is 5.56 Å². The Bertz CT molecular complexity index is 644. The number of pyridine rings is 1. The molecule has 4 nitrogen and oxygen atoms in total. The number of ether oxygens (including phenoxy) is 1. The largest absolute Gasteiger partial charge is 0.478 e. The molecule has 0 radical (unpaired) electrons. The fraction of sp³-hybridized carbons (Fsp3) is 0.0769. The van der Waals surface area contributed by atoms with Crippen LogP contribution in [-0.4, -0.2) is 16.1 Å². The third kappa shape index (κ3) is 3.16. The summed E-state index contributed by atoms with van der Waals surface area (Å²) in [6.45, 7) is 1.60. The Hall–Kier alpha value is -1.78. The van der Waals surface area contributed by atoms with Crippen LogP contribution in [0.2, 0.25) is 10.0 Å². The molecule has 0 aliphatic heterocycles. The number of carboxylic acid groups (broad SMARTS) is 1. The van der Waals surface area contributed by atoms with Crippen molar-refractivity contribution in [3.63, 3.8) is 0 Å². The first-order chi connectivity index (χ1) is 8.97. The molecule has 19 heavy (non-hydrogen) atoms. The second-order valence-corrected chi connectivity index (χ2v) is 4.58. The number of aromatic carboxylic acids is 1. The van der Waals surface area contributed by atoms with Crippen molar-refractivity contribution in [2.45, 2.75) is 6.92 Å². The molecule has 0 aliphatic carbocycles. The third-order valence-corrected chi connectivity index (χ3v) is 3.14. The van der Waals surface area contributed by atoms with Crippen molar-refractivity contribution >= 4 is 29.2 Å². The van der Waals surface area contributed by atoms with Gasteiger partial charge in [-0.3, -0.25) is 0 Å². The number of nitrogens with zero attached hydrogens (tertiary/aromatic N) is 1. The lowest BCUT2D eigenvalue weighted by atomic mass is 10.2. The molecule has 98 valence electrons. The smallest absolute Gasteiger partial charge is 0.337 e. The lowest BCUT2D eigenvalue weighted by Gasteiger charge is -2.07. The van der Waals surface area contributed by atoms with Gasteiger partial charge >= 0.3 is 5.97 Å². The number of hydrogen-bond acceptors (Lipinski definition) is 3. The van der Waals surface area contributed by atoms with Gasteiger partial charge in [0.1, 0.15) is 5.75 Å². The zero-order chi connectivity index (χ0) is 14.0. The first-order valence-corrected chi connectivity index (χ1v) is 6.07. The van der Waals surface area contributed by atoms with Crippen molar-refractivity contribution in [3.05, 3.63) is 51.6 Å². The van der Waals surface area contributed by atoms with Crippen LogP contribution in [0.15, 0.2) is 30.3 Å². The molecular weight excluding hydrogens is 289 g/mol. The van der Waals surface area contributed by atoms with E-state index in [9.17, 15) is 4.79 Å². The molecule has 0 saturated heterocycles. The quantitative estimate of drug-likeness (QED) is 0.923. The maximum absolute atomic E-state index is 10.9. The summed E-state index contributed by atoms with van der Waals surface area (Å²) in [6.07, 6.45) is 0. The molecule has 0 bridgehead atoms. The third-order valence-electron chi connectivity index (χ3n) is 2.40. The molecule has 1 aromatic heterocycles. The molecule has 2 aromatic rings. The van der Waals surface area contributed by atoms with Crippen LogP contribution in [-0.2, 0) is 0 Å². The highest BCUT2D eigenvalue weighted by atomic mass is 35.5. The van der Waals surface area contributed by atoms with Gasteiger partial charge in [0.15, 0.2) is 0 Å². The summed E-state index contributed by atoms with van der Waals surface area (Å²) >= 11 is 11.7. The van der Waals surface area contributed by atoms with E-state index in [0.717, 1.165) is 0 Å². The van der Waals surface area contributed by atoms with Crippen LogP contribution in [0.3, 0.4) is 0 Å². The normalized spacial score (nSPS) is 10.3. The minimum absolute atomic E-state index is 0.140. The molecule has 2 rings (SSSR count). The summed E-state index contributed by atoms with van der Waals surface area (Å²) in [5.74, 6) is -0.253. The molecule has 6 heteroatoms. The number of halogens is 2. The molecule has 0 atom stereocenters. The molecule has 0 fully saturated rings. The van der Waals surface area contributed by atoms with Crippen molar-refractivity contribution in [1.82, 2.24) is 4.98 Å². The van der Waals surface area contributed by atoms with E-state index in [4.69, 9.17) is 33.0 Å². The molecule has 0 amide bonds. The van der Waals surface area contributed by atoms with Crippen LogP contribution in [0.25, 0.3) is 0 Å². The van der Waals surface area contributed by atoms with Crippen molar-refractivity contribution in [1.29, 1.82) is 0 Å². The second-order valence-electron chi connectivity index (χ2n) is 3.77. The summed E-state index contributed by atoms with van der Waals surface area (Å²) in [6, 6.07) is 7.75. The van der Waals surface area contributed by atoms with Crippen LogP contribution in [0.5, 0.6) is 11.6 Å². The fourth-order valence-corrected chi connectivity index (χ4v) is 1.77. The SMILES string of the molecule is Cc1nc(Oc2ccc(Cl)c(Cl)c2)ccc1C(=O)O. The highest BCUT2D eigenvalue weighted by molar-refractivity contribution is 6.42. The Morgan fingerprint density at radius 2 is 1.95 bits per heavy atom. The predicted octanol–water partition coefficient (Wildman–Crippen LogP) is 4.19.